The number of carbonyl (C=O) groups is 2. The lowest BCUT2D eigenvalue weighted by atomic mass is 10.1. The Kier molecular flexibility index (Phi) is 4.34. The monoisotopic (exact) mass is 354 g/mol. The Morgan fingerprint density at radius 1 is 1.24 bits per heavy atom. The molecule has 5 heteroatoms. The maximum Gasteiger partial charge on any atom is 0.254 e. The van der Waals surface area contributed by atoms with E-state index in [-0.39, 0.29) is 17.9 Å². The molecule has 1 unspecified atom stereocenters. The maximum absolute atomic E-state index is 13.1. The molecule has 2 aliphatic heterocycles. The summed E-state index contributed by atoms with van der Waals surface area (Å²) < 4.78 is 0. The molecule has 2 aromatic rings. The van der Waals surface area contributed by atoms with Crippen LogP contribution in [0.2, 0.25) is 0 Å². The van der Waals surface area contributed by atoms with E-state index >= 15 is 0 Å². The Morgan fingerprint density at radius 3 is 2.88 bits per heavy atom. The molecule has 0 aliphatic carbocycles. The van der Waals surface area contributed by atoms with Gasteiger partial charge in [-0.3, -0.25) is 9.59 Å². The predicted molar refractivity (Wildman–Crippen MR) is 100 cm³/mol. The number of hydrogen-bond acceptors (Lipinski definition) is 3. The van der Waals surface area contributed by atoms with Gasteiger partial charge in [-0.2, -0.15) is 0 Å². The van der Waals surface area contributed by atoms with Gasteiger partial charge in [-0.25, -0.2) is 0 Å². The highest BCUT2D eigenvalue weighted by Crippen LogP contribution is 2.36. The molecule has 130 valence electrons. The van der Waals surface area contributed by atoms with Crippen molar-refractivity contribution in [2.24, 2.45) is 0 Å². The summed E-state index contributed by atoms with van der Waals surface area (Å²) in [4.78, 5) is 30.2. The van der Waals surface area contributed by atoms with Gasteiger partial charge in [0.15, 0.2) is 0 Å². The van der Waals surface area contributed by atoms with E-state index < -0.39 is 0 Å². The summed E-state index contributed by atoms with van der Waals surface area (Å²) in [5.41, 5.74) is 2.83. The minimum atomic E-state index is 0.110. The summed E-state index contributed by atoms with van der Waals surface area (Å²) in [6.07, 6.45) is 3.43. The smallest absolute Gasteiger partial charge is 0.254 e. The normalized spacial score (nSPS) is 19.3. The van der Waals surface area contributed by atoms with Gasteiger partial charge in [-0.1, -0.05) is 13.0 Å². The van der Waals surface area contributed by atoms with Gasteiger partial charge in [-0.05, 0) is 54.5 Å². The summed E-state index contributed by atoms with van der Waals surface area (Å²) in [5.74, 6) is 0.258. The highest BCUT2D eigenvalue weighted by Gasteiger charge is 2.32. The Balaban J connectivity index is 1.58. The fourth-order valence-corrected chi connectivity index (χ4v) is 4.81. The molecular weight excluding hydrogens is 332 g/mol. The van der Waals surface area contributed by atoms with Crippen LogP contribution in [0.15, 0.2) is 35.7 Å². The number of carbonyl (C=O) groups excluding carboxylic acids is 2. The summed E-state index contributed by atoms with van der Waals surface area (Å²) in [6.45, 7) is 3.43. The zero-order valence-corrected chi connectivity index (χ0v) is 15.2. The van der Waals surface area contributed by atoms with Crippen molar-refractivity contribution in [2.75, 3.05) is 18.0 Å². The first-order valence-electron chi connectivity index (χ1n) is 8.96. The van der Waals surface area contributed by atoms with Crippen molar-refractivity contribution >= 4 is 28.8 Å². The summed E-state index contributed by atoms with van der Waals surface area (Å²) in [6, 6.07) is 10.2. The Labute approximate surface area is 152 Å². The molecule has 3 heterocycles. The number of hydrogen-bond donors (Lipinski definition) is 0. The van der Waals surface area contributed by atoms with Crippen molar-refractivity contribution in [1.29, 1.82) is 0 Å². The van der Waals surface area contributed by atoms with Gasteiger partial charge in [0.25, 0.3) is 5.91 Å². The van der Waals surface area contributed by atoms with Gasteiger partial charge in [0.1, 0.15) is 0 Å². The third-order valence-electron chi connectivity index (χ3n) is 5.21. The predicted octanol–water partition coefficient (Wildman–Crippen LogP) is 4.02. The van der Waals surface area contributed by atoms with Gasteiger partial charge in [0, 0.05) is 35.6 Å². The number of nitrogens with zero attached hydrogens (tertiary/aromatic N) is 2. The highest BCUT2D eigenvalue weighted by atomic mass is 32.1. The van der Waals surface area contributed by atoms with E-state index in [1.54, 1.807) is 11.3 Å². The average molecular weight is 354 g/mol. The molecular formula is C20H22N2O2S. The second-order valence-corrected chi connectivity index (χ2v) is 7.64. The van der Waals surface area contributed by atoms with Gasteiger partial charge in [0.05, 0.1) is 6.04 Å². The van der Waals surface area contributed by atoms with Crippen LogP contribution in [0.25, 0.3) is 0 Å². The SMILES string of the molecule is CCC(=O)N1CCc2cc(C(=O)N3CCCC3c3cccs3)ccc21. The number of thiophene rings is 1. The van der Waals surface area contributed by atoms with Crippen LogP contribution in [-0.2, 0) is 11.2 Å². The van der Waals surface area contributed by atoms with Crippen molar-refractivity contribution in [3.8, 4) is 0 Å². The zero-order valence-electron chi connectivity index (χ0n) is 14.4. The van der Waals surface area contributed by atoms with E-state index in [9.17, 15) is 9.59 Å². The Morgan fingerprint density at radius 2 is 2.12 bits per heavy atom. The van der Waals surface area contributed by atoms with Crippen LogP contribution in [0.3, 0.4) is 0 Å². The van der Waals surface area contributed by atoms with Crippen molar-refractivity contribution in [3.05, 3.63) is 51.7 Å². The zero-order chi connectivity index (χ0) is 17.4. The molecule has 0 spiro atoms. The topological polar surface area (TPSA) is 40.6 Å². The van der Waals surface area contributed by atoms with Crippen LogP contribution < -0.4 is 4.90 Å². The minimum Gasteiger partial charge on any atom is -0.331 e. The molecule has 1 aromatic carbocycles. The number of rotatable bonds is 3. The van der Waals surface area contributed by atoms with Gasteiger partial charge >= 0.3 is 0 Å². The molecule has 0 radical (unpaired) electrons. The lowest BCUT2D eigenvalue weighted by molar-refractivity contribution is -0.118. The molecule has 4 nitrogen and oxygen atoms in total. The molecule has 1 atom stereocenters. The average Bonchev–Trinajstić information content (AvgIpc) is 3.39. The lowest BCUT2D eigenvalue weighted by Crippen LogP contribution is -2.30. The first kappa shape index (κ1) is 16.3. The molecule has 4 rings (SSSR count). The van der Waals surface area contributed by atoms with E-state index in [2.05, 4.69) is 17.5 Å². The number of likely N-dealkylation sites (tertiary alicyclic amines) is 1. The van der Waals surface area contributed by atoms with Gasteiger partial charge in [-0.15, -0.1) is 11.3 Å². The molecule has 2 aliphatic rings. The molecule has 2 amide bonds. The van der Waals surface area contributed by atoms with Crippen molar-refractivity contribution in [1.82, 2.24) is 4.90 Å². The first-order chi connectivity index (χ1) is 12.2. The minimum absolute atomic E-state index is 0.110. The van der Waals surface area contributed by atoms with Crippen LogP contribution in [-0.4, -0.2) is 29.8 Å². The molecule has 25 heavy (non-hydrogen) atoms. The van der Waals surface area contributed by atoms with Crippen LogP contribution in [0.1, 0.15) is 53.0 Å². The van der Waals surface area contributed by atoms with E-state index in [1.165, 1.54) is 4.88 Å². The lowest BCUT2D eigenvalue weighted by Gasteiger charge is -2.24. The summed E-state index contributed by atoms with van der Waals surface area (Å²) in [7, 11) is 0. The second-order valence-electron chi connectivity index (χ2n) is 6.66. The largest absolute Gasteiger partial charge is 0.331 e. The van der Waals surface area contributed by atoms with Crippen LogP contribution in [0.4, 0.5) is 5.69 Å². The number of amides is 2. The number of fused-ring (bicyclic) bond motifs is 1. The first-order valence-corrected chi connectivity index (χ1v) is 9.84. The highest BCUT2D eigenvalue weighted by molar-refractivity contribution is 7.10. The fourth-order valence-electron chi connectivity index (χ4n) is 3.94. The third-order valence-corrected chi connectivity index (χ3v) is 6.18. The quantitative estimate of drug-likeness (QED) is 0.835. The van der Waals surface area contributed by atoms with Crippen molar-refractivity contribution < 1.29 is 9.59 Å². The van der Waals surface area contributed by atoms with Crippen LogP contribution >= 0.6 is 11.3 Å². The maximum atomic E-state index is 13.1. The van der Waals surface area contributed by atoms with Crippen molar-refractivity contribution in [2.45, 2.75) is 38.6 Å². The van der Waals surface area contributed by atoms with E-state index in [0.717, 1.165) is 49.2 Å². The molecule has 1 saturated heterocycles. The molecule has 0 saturated carbocycles. The molecule has 0 N–H and O–H groups in total. The van der Waals surface area contributed by atoms with E-state index in [0.29, 0.717) is 6.42 Å². The fraction of sp³-hybridized carbons (Fsp3) is 0.400. The Bertz CT molecular complexity index is 800. The van der Waals surface area contributed by atoms with Crippen LogP contribution in [0, 0.1) is 0 Å². The molecule has 0 bridgehead atoms. The van der Waals surface area contributed by atoms with Gasteiger partial charge < -0.3 is 9.80 Å². The third kappa shape index (κ3) is 2.86. The summed E-state index contributed by atoms with van der Waals surface area (Å²) >= 11 is 1.72. The van der Waals surface area contributed by atoms with Crippen molar-refractivity contribution in [3.63, 3.8) is 0 Å². The number of anilines is 1. The van der Waals surface area contributed by atoms with E-state index in [1.807, 2.05) is 34.9 Å². The second kappa shape index (κ2) is 6.64. The van der Waals surface area contributed by atoms with Gasteiger partial charge in [0.2, 0.25) is 5.91 Å². The van der Waals surface area contributed by atoms with Crippen LogP contribution in [0.5, 0.6) is 0 Å². The Hall–Kier alpha value is -2.14. The number of benzene rings is 1. The summed E-state index contributed by atoms with van der Waals surface area (Å²) in [5, 5.41) is 2.07. The molecule has 1 fully saturated rings. The standard InChI is InChI=1S/C20H22N2O2S/c1-2-19(23)21-11-9-14-13-15(7-8-16(14)21)20(24)22-10-3-5-17(22)18-6-4-12-25-18/h4,6-8,12-13,17H,2-3,5,9-11H2,1H3. The molecule has 1 aromatic heterocycles. The van der Waals surface area contributed by atoms with E-state index in [4.69, 9.17) is 0 Å².